The number of hydrogen-bond acceptors (Lipinski definition) is 3. The Kier molecular flexibility index (Phi) is 5.12. The number of rotatable bonds is 7. The van der Waals surface area contributed by atoms with Gasteiger partial charge in [-0.05, 0) is 12.0 Å². The normalized spacial score (nSPS) is 12.5. The van der Waals surface area contributed by atoms with Gasteiger partial charge in [-0.2, -0.15) is 5.10 Å². The van der Waals surface area contributed by atoms with Crippen LogP contribution in [-0.4, -0.2) is 28.0 Å². The van der Waals surface area contributed by atoms with Gasteiger partial charge in [-0.1, -0.05) is 43.7 Å². The maximum Gasteiger partial charge on any atom is 0.0695 e. The summed E-state index contributed by atoms with van der Waals surface area (Å²) in [6, 6.07) is 10.1. The molecule has 4 heteroatoms. The lowest BCUT2D eigenvalue weighted by Crippen LogP contribution is -2.26. The second-order valence-corrected chi connectivity index (χ2v) is 4.71. The zero-order valence-corrected chi connectivity index (χ0v) is 11.3. The lowest BCUT2D eigenvalue weighted by Gasteiger charge is -2.10. The first-order valence-corrected chi connectivity index (χ1v) is 6.77. The van der Waals surface area contributed by atoms with Gasteiger partial charge in [-0.3, -0.25) is 5.10 Å². The number of H-pyrrole nitrogens is 1. The molecule has 3 N–H and O–H groups in total. The second kappa shape index (κ2) is 7.07. The SMILES string of the molecule is CCCC(O)CNCc1cn[nH]c1-c1ccccc1. The molecule has 1 heterocycles. The summed E-state index contributed by atoms with van der Waals surface area (Å²) in [5.41, 5.74) is 3.29. The van der Waals surface area contributed by atoms with E-state index in [4.69, 9.17) is 0 Å². The molecule has 0 aliphatic heterocycles. The first-order chi connectivity index (χ1) is 9.31. The monoisotopic (exact) mass is 259 g/mol. The second-order valence-electron chi connectivity index (χ2n) is 4.71. The topological polar surface area (TPSA) is 60.9 Å². The Morgan fingerprint density at radius 3 is 2.84 bits per heavy atom. The third-order valence-electron chi connectivity index (χ3n) is 3.10. The molecule has 1 aromatic carbocycles. The van der Waals surface area contributed by atoms with Crippen LogP contribution < -0.4 is 5.32 Å². The van der Waals surface area contributed by atoms with Crippen LogP contribution in [0, 0.1) is 0 Å². The number of aliphatic hydroxyl groups excluding tert-OH is 1. The summed E-state index contributed by atoms with van der Waals surface area (Å²) >= 11 is 0. The minimum absolute atomic E-state index is 0.267. The predicted octanol–water partition coefficient (Wildman–Crippen LogP) is 2.33. The van der Waals surface area contributed by atoms with Gasteiger partial charge in [-0.25, -0.2) is 0 Å². The molecular formula is C15H21N3O. The Bertz CT molecular complexity index is 481. The molecule has 0 aliphatic rings. The van der Waals surface area contributed by atoms with Gasteiger partial charge in [0.1, 0.15) is 0 Å². The molecule has 0 saturated carbocycles. The third kappa shape index (κ3) is 3.91. The molecule has 1 atom stereocenters. The molecule has 0 amide bonds. The van der Waals surface area contributed by atoms with Crippen molar-refractivity contribution >= 4 is 0 Å². The predicted molar refractivity (Wildman–Crippen MR) is 76.6 cm³/mol. The Morgan fingerprint density at radius 2 is 2.11 bits per heavy atom. The van der Waals surface area contributed by atoms with Crippen molar-refractivity contribution in [2.24, 2.45) is 0 Å². The average molecular weight is 259 g/mol. The van der Waals surface area contributed by atoms with E-state index in [9.17, 15) is 5.11 Å². The van der Waals surface area contributed by atoms with E-state index in [2.05, 4.69) is 34.6 Å². The molecule has 2 aromatic rings. The molecule has 0 spiro atoms. The van der Waals surface area contributed by atoms with E-state index < -0.39 is 0 Å². The zero-order chi connectivity index (χ0) is 13.5. The van der Waals surface area contributed by atoms with Crippen molar-refractivity contribution < 1.29 is 5.11 Å². The van der Waals surface area contributed by atoms with E-state index in [-0.39, 0.29) is 6.10 Å². The smallest absolute Gasteiger partial charge is 0.0695 e. The highest BCUT2D eigenvalue weighted by Crippen LogP contribution is 2.20. The van der Waals surface area contributed by atoms with Crippen LogP contribution in [0.5, 0.6) is 0 Å². The molecule has 0 fully saturated rings. The molecule has 0 aliphatic carbocycles. The molecular weight excluding hydrogens is 238 g/mol. The van der Waals surface area contributed by atoms with Crippen LogP contribution >= 0.6 is 0 Å². The highest BCUT2D eigenvalue weighted by Gasteiger charge is 2.08. The van der Waals surface area contributed by atoms with Crippen LogP contribution in [0.3, 0.4) is 0 Å². The van der Waals surface area contributed by atoms with Crippen molar-refractivity contribution in [2.75, 3.05) is 6.54 Å². The maximum atomic E-state index is 9.68. The molecule has 0 saturated heterocycles. The van der Waals surface area contributed by atoms with Crippen LogP contribution in [0.1, 0.15) is 25.3 Å². The molecule has 4 nitrogen and oxygen atoms in total. The summed E-state index contributed by atoms with van der Waals surface area (Å²) in [7, 11) is 0. The number of aromatic amines is 1. The first-order valence-electron chi connectivity index (χ1n) is 6.77. The summed E-state index contributed by atoms with van der Waals surface area (Å²) in [4.78, 5) is 0. The fourth-order valence-corrected chi connectivity index (χ4v) is 2.11. The van der Waals surface area contributed by atoms with E-state index in [1.807, 2.05) is 24.4 Å². The van der Waals surface area contributed by atoms with E-state index in [1.54, 1.807) is 0 Å². The van der Waals surface area contributed by atoms with Crippen molar-refractivity contribution in [3.05, 3.63) is 42.1 Å². The lowest BCUT2D eigenvalue weighted by atomic mass is 10.1. The van der Waals surface area contributed by atoms with Gasteiger partial charge < -0.3 is 10.4 Å². The number of nitrogens with zero attached hydrogens (tertiary/aromatic N) is 1. The molecule has 1 unspecified atom stereocenters. The summed E-state index contributed by atoms with van der Waals surface area (Å²) < 4.78 is 0. The standard InChI is InChI=1S/C15H21N3O/c1-2-6-14(19)11-16-9-13-10-17-18-15(13)12-7-4-3-5-8-12/h3-5,7-8,10,14,16,19H,2,6,9,11H2,1H3,(H,17,18). The number of benzene rings is 1. The summed E-state index contributed by atoms with van der Waals surface area (Å²) in [6.45, 7) is 3.40. The Labute approximate surface area is 113 Å². The number of aromatic nitrogens is 2. The van der Waals surface area contributed by atoms with Gasteiger partial charge >= 0.3 is 0 Å². The Morgan fingerprint density at radius 1 is 1.32 bits per heavy atom. The lowest BCUT2D eigenvalue weighted by molar-refractivity contribution is 0.160. The van der Waals surface area contributed by atoms with Crippen molar-refractivity contribution in [3.63, 3.8) is 0 Å². The third-order valence-corrected chi connectivity index (χ3v) is 3.10. The van der Waals surface area contributed by atoms with Crippen LogP contribution in [0.25, 0.3) is 11.3 Å². The number of nitrogens with one attached hydrogen (secondary N) is 2. The zero-order valence-electron chi connectivity index (χ0n) is 11.3. The van der Waals surface area contributed by atoms with Gasteiger partial charge in [0.15, 0.2) is 0 Å². The summed E-state index contributed by atoms with van der Waals surface area (Å²) in [6.07, 6.45) is 3.41. The summed E-state index contributed by atoms with van der Waals surface area (Å²) in [5, 5.41) is 20.1. The van der Waals surface area contributed by atoms with E-state index >= 15 is 0 Å². The van der Waals surface area contributed by atoms with Gasteiger partial charge in [0.2, 0.25) is 0 Å². The minimum Gasteiger partial charge on any atom is -0.392 e. The molecule has 0 bridgehead atoms. The van der Waals surface area contributed by atoms with Crippen LogP contribution in [0.2, 0.25) is 0 Å². The summed E-state index contributed by atoms with van der Waals surface area (Å²) in [5.74, 6) is 0. The molecule has 1 aromatic heterocycles. The fourth-order valence-electron chi connectivity index (χ4n) is 2.11. The Balaban J connectivity index is 1.94. The maximum absolute atomic E-state index is 9.68. The molecule has 102 valence electrons. The number of hydrogen-bond donors (Lipinski definition) is 3. The molecule has 19 heavy (non-hydrogen) atoms. The van der Waals surface area contributed by atoms with Gasteiger partial charge in [0.05, 0.1) is 18.0 Å². The van der Waals surface area contributed by atoms with Gasteiger partial charge in [-0.15, -0.1) is 0 Å². The van der Waals surface area contributed by atoms with Crippen LogP contribution in [0.4, 0.5) is 0 Å². The van der Waals surface area contributed by atoms with Crippen molar-refractivity contribution in [3.8, 4) is 11.3 Å². The van der Waals surface area contributed by atoms with Gasteiger partial charge in [0, 0.05) is 18.7 Å². The van der Waals surface area contributed by atoms with Crippen LogP contribution in [0.15, 0.2) is 36.5 Å². The first kappa shape index (κ1) is 13.8. The fraction of sp³-hybridized carbons (Fsp3) is 0.400. The van der Waals surface area contributed by atoms with E-state index in [0.29, 0.717) is 13.1 Å². The van der Waals surface area contributed by atoms with Crippen molar-refractivity contribution in [1.29, 1.82) is 0 Å². The highest BCUT2D eigenvalue weighted by molar-refractivity contribution is 5.62. The highest BCUT2D eigenvalue weighted by atomic mass is 16.3. The largest absolute Gasteiger partial charge is 0.392 e. The van der Waals surface area contributed by atoms with E-state index in [1.165, 1.54) is 0 Å². The van der Waals surface area contributed by atoms with Crippen molar-refractivity contribution in [2.45, 2.75) is 32.4 Å². The van der Waals surface area contributed by atoms with Crippen molar-refractivity contribution in [1.82, 2.24) is 15.5 Å². The minimum atomic E-state index is -0.267. The Hall–Kier alpha value is -1.65. The van der Waals surface area contributed by atoms with E-state index in [0.717, 1.165) is 29.7 Å². The number of aliphatic hydroxyl groups is 1. The molecule has 2 rings (SSSR count). The average Bonchev–Trinajstić information content (AvgIpc) is 2.88. The quantitative estimate of drug-likeness (QED) is 0.715. The van der Waals surface area contributed by atoms with Crippen LogP contribution in [-0.2, 0) is 6.54 Å². The van der Waals surface area contributed by atoms with Gasteiger partial charge in [0.25, 0.3) is 0 Å². The molecule has 0 radical (unpaired) electrons.